The van der Waals surface area contributed by atoms with E-state index in [-0.39, 0.29) is 23.7 Å². The van der Waals surface area contributed by atoms with Gasteiger partial charge in [0, 0.05) is 19.6 Å². The first-order chi connectivity index (χ1) is 7.59. The molecule has 0 aromatic carbocycles. The van der Waals surface area contributed by atoms with E-state index < -0.39 is 0 Å². The minimum Gasteiger partial charge on any atom is -0.342 e. The number of nitrogens with two attached hydrogens (primary N) is 1. The molecule has 0 spiro atoms. The third kappa shape index (κ3) is 3.59. The Bertz CT molecular complexity index is 233. The second-order valence-electron chi connectivity index (χ2n) is 5.19. The summed E-state index contributed by atoms with van der Waals surface area (Å²) in [6, 6.07) is 0. The third-order valence-electron chi connectivity index (χ3n) is 4.14. The second kappa shape index (κ2) is 7.22. The van der Waals surface area contributed by atoms with Gasteiger partial charge in [-0.2, -0.15) is 0 Å². The molecule has 0 bridgehead atoms. The molecule has 1 heterocycles. The molecule has 0 saturated carbocycles. The van der Waals surface area contributed by atoms with Crippen molar-refractivity contribution < 1.29 is 4.79 Å². The molecule has 102 valence electrons. The molecule has 1 saturated heterocycles. The highest BCUT2D eigenvalue weighted by Gasteiger charge is 2.37. The standard InChI is InChI=1S/C13H26N2O.ClH/c1-4-13(5-2,10-14)12(16)15-8-6-7-11(3)9-15;/h11H,4-10,14H2,1-3H3;1H. The van der Waals surface area contributed by atoms with E-state index in [9.17, 15) is 4.79 Å². The molecular formula is C13H27ClN2O. The van der Waals surface area contributed by atoms with Gasteiger partial charge < -0.3 is 10.6 Å². The van der Waals surface area contributed by atoms with Crippen LogP contribution >= 0.6 is 12.4 Å². The predicted octanol–water partition coefficient (Wildman–Crippen LogP) is 2.43. The zero-order valence-corrected chi connectivity index (χ0v) is 12.2. The van der Waals surface area contributed by atoms with Crippen LogP contribution in [0.15, 0.2) is 0 Å². The van der Waals surface area contributed by atoms with E-state index in [1.807, 2.05) is 4.90 Å². The monoisotopic (exact) mass is 262 g/mol. The number of halogens is 1. The summed E-state index contributed by atoms with van der Waals surface area (Å²) in [7, 11) is 0. The van der Waals surface area contributed by atoms with Gasteiger partial charge in [-0.05, 0) is 31.6 Å². The number of amides is 1. The van der Waals surface area contributed by atoms with Gasteiger partial charge in [0.05, 0.1) is 5.41 Å². The van der Waals surface area contributed by atoms with E-state index >= 15 is 0 Å². The highest BCUT2D eigenvalue weighted by atomic mass is 35.5. The minimum absolute atomic E-state index is 0. The maximum absolute atomic E-state index is 12.5. The molecule has 0 aliphatic carbocycles. The first-order valence-electron chi connectivity index (χ1n) is 6.59. The maximum Gasteiger partial charge on any atom is 0.230 e. The number of likely N-dealkylation sites (tertiary alicyclic amines) is 1. The summed E-state index contributed by atoms with van der Waals surface area (Å²) in [5.74, 6) is 0.924. The molecule has 17 heavy (non-hydrogen) atoms. The number of piperidine rings is 1. The Morgan fingerprint density at radius 3 is 2.41 bits per heavy atom. The fourth-order valence-electron chi connectivity index (χ4n) is 2.64. The van der Waals surface area contributed by atoms with Gasteiger partial charge in [0.1, 0.15) is 0 Å². The first kappa shape index (κ1) is 16.7. The van der Waals surface area contributed by atoms with Crippen LogP contribution in [-0.4, -0.2) is 30.4 Å². The molecule has 1 aliphatic heterocycles. The molecule has 1 fully saturated rings. The second-order valence-corrected chi connectivity index (χ2v) is 5.19. The van der Waals surface area contributed by atoms with Crippen LogP contribution in [0.1, 0.15) is 46.5 Å². The summed E-state index contributed by atoms with van der Waals surface area (Å²) >= 11 is 0. The lowest BCUT2D eigenvalue weighted by molar-refractivity contribution is -0.144. The highest BCUT2D eigenvalue weighted by molar-refractivity contribution is 5.85. The molecule has 0 aromatic heterocycles. The maximum atomic E-state index is 12.5. The van der Waals surface area contributed by atoms with Crippen LogP contribution in [0.4, 0.5) is 0 Å². The van der Waals surface area contributed by atoms with E-state index in [0.29, 0.717) is 12.5 Å². The van der Waals surface area contributed by atoms with Crippen molar-refractivity contribution in [3.05, 3.63) is 0 Å². The van der Waals surface area contributed by atoms with Crippen molar-refractivity contribution >= 4 is 18.3 Å². The molecular weight excluding hydrogens is 236 g/mol. The quantitative estimate of drug-likeness (QED) is 0.846. The van der Waals surface area contributed by atoms with Gasteiger partial charge >= 0.3 is 0 Å². The van der Waals surface area contributed by atoms with Gasteiger partial charge in [-0.3, -0.25) is 4.79 Å². The Morgan fingerprint density at radius 2 is 2.00 bits per heavy atom. The molecule has 4 heteroatoms. The largest absolute Gasteiger partial charge is 0.342 e. The van der Waals surface area contributed by atoms with E-state index in [2.05, 4.69) is 20.8 Å². The highest BCUT2D eigenvalue weighted by Crippen LogP contribution is 2.29. The molecule has 1 unspecified atom stereocenters. The van der Waals surface area contributed by atoms with Gasteiger partial charge in [0.2, 0.25) is 5.91 Å². The average molecular weight is 263 g/mol. The Kier molecular flexibility index (Phi) is 7.10. The number of carbonyl (C=O) groups is 1. The molecule has 1 atom stereocenters. The van der Waals surface area contributed by atoms with Crippen molar-refractivity contribution in [1.82, 2.24) is 4.90 Å². The van der Waals surface area contributed by atoms with Crippen LogP contribution in [0.2, 0.25) is 0 Å². The summed E-state index contributed by atoms with van der Waals surface area (Å²) in [4.78, 5) is 14.5. The van der Waals surface area contributed by atoms with Crippen molar-refractivity contribution in [3.8, 4) is 0 Å². The Labute approximate surface area is 112 Å². The van der Waals surface area contributed by atoms with Gasteiger partial charge in [0.15, 0.2) is 0 Å². The number of carbonyl (C=O) groups excluding carboxylic acids is 1. The van der Waals surface area contributed by atoms with Gasteiger partial charge in [0.25, 0.3) is 0 Å². The Hall–Kier alpha value is -0.280. The lowest BCUT2D eigenvalue weighted by Gasteiger charge is -2.38. The molecule has 2 N–H and O–H groups in total. The SMILES string of the molecule is CCC(CC)(CN)C(=O)N1CCCC(C)C1.Cl. The van der Waals surface area contributed by atoms with Crippen molar-refractivity contribution in [1.29, 1.82) is 0 Å². The van der Waals surface area contributed by atoms with Crippen molar-refractivity contribution in [2.24, 2.45) is 17.1 Å². The fraction of sp³-hybridized carbons (Fsp3) is 0.923. The molecule has 0 aromatic rings. The van der Waals surface area contributed by atoms with Crippen LogP contribution in [-0.2, 0) is 4.79 Å². The fourth-order valence-corrected chi connectivity index (χ4v) is 2.64. The molecule has 3 nitrogen and oxygen atoms in total. The van der Waals surface area contributed by atoms with Crippen molar-refractivity contribution in [2.45, 2.75) is 46.5 Å². The van der Waals surface area contributed by atoms with Crippen molar-refractivity contribution in [2.75, 3.05) is 19.6 Å². The number of nitrogens with zero attached hydrogens (tertiary/aromatic N) is 1. The van der Waals surface area contributed by atoms with Crippen LogP contribution < -0.4 is 5.73 Å². The van der Waals surface area contributed by atoms with Gasteiger partial charge in [-0.25, -0.2) is 0 Å². The average Bonchev–Trinajstić information content (AvgIpc) is 2.32. The van der Waals surface area contributed by atoms with Gasteiger partial charge in [-0.15, -0.1) is 12.4 Å². The smallest absolute Gasteiger partial charge is 0.230 e. The summed E-state index contributed by atoms with van der Waals surface area (Å²) in [5.41, 5.74) is 5.52. The van der Waals surface area contributed by atoms with Crippen molar-refractivity contribution in [3.63, 3.8) is 0 Å². The van der Waals surface area contributed by atoms with E-state index in [1.165, 1.54) is 6.42 Å². The summed E-state index contributed by atoms with van der Waals surface area (Å²) in [5, 5.41) is 0. The predicted molar refractivity (Wildman–Crippen MR) is 74.3 cm³/mol. The van der Waals surface area contributed by atoms with Crippen LogP contribution in [0.5, 0.6) is 0 Å². The summed E-state index contributed by atoms with van der Waals surface area (Å²) < 4.78 is 0. The first-order valence-corrected chi connectivity index (χ1v) is 6.59. The number of hydrogen-bond acceptors (Lipinski definition) is 2. The Balaban J connectivity index is 0.00000256. The Morgan fingerprint density at radius 1 is 1.41 bits per heavy atom. The summed E-state index contributed by atoms with van der Waals surface area (Å²) in [6.07, 6.45) is 4.09. The van der Waals surface area contributed by atoms with E-state index in [0.717, 1.165) is 32.4 Å². The van der Waals surface area contributed by atoms with Crippen LogP contribution in [0.25, 0.3) is 0 Å². The summed E-state index contributed by atoms with van der Waals surface area (Å²) in [6.45, 7) is 8.68. The number of rotatable bonds is 4. The molecule has 1 aliphatic rings. The van der Waals surface area contributed by atoms with E-state index in [4.69, 9.17) is 5.73 Å². The zero-order chi connectivity index (χ0) is 12.2. The molecule has 1 rings (SSSR count). The van der Waals surface area contributed by atoms with Crippen LogP contribution in [0, 0.1) is 11.3 Å². The lowest BCUT2D eigenvalue weighted by Crippen LogP contribution is -2.50. The normalized spacial score (nSPS) is 20.9. The zero-order valence-electron chi connectivity index (χ0n) is 11.4. The topological polar surface area (TPSA) is 46.3 Å². The van der Waals surface area contributed by atoms with Crippen LogP contribution in [0.3, 0.4) is 0 Å². The van der Waals surface area contributed by atoms with Gasteiger partial charge in [-0.1, -0.05) is 20.8 Å². The lowest BCUT2D eigenvalue weighted by atomic mass is 9.80. The number of hydrogen-bond donors (Lipinski definition) is 1. The minimum atomic E-state index is -0.308. The van der Waals surface area contributed by atoms with E-state index in [1.54, 1.807) is 0 Å². The third-order valence-corrected chi connectivity index (χ3v) is 4.14. The molecule has 0 radical (unpaired) electrons. The molecule has 1 amide bonds.